The van der Waals surface area contributed by atoms with Gasteiger partial charge in [0.05, 0.1) is 9.77 Å². The summed E-state index contributed by atoms with van der Waals surface area (Å²) in [6, 6.07) is 1.82. The summed E-state index contributed by atoms with van der Waals surface area (Å²) in [5.41, 5.74) is -0.0459. The Balaban J connectivity index is 2.37. The molecule has 2 heterocycles. The molecule has 2 aromatic heterocycles. The maximum Gasteiger partial charge on any atom is 0.452 e. The van der Waals surface area contributed by atoms with Crippen molar-refractivity contribution in [1.29, 1.82) is 0 Å². The third-order valence-corrected chi connectivity index (χ3v) is 6.09. The minimum Gasteiger partial charge on any atom is -0.351 e. The van der Waals surface area contributed by atoms with Crippen molar-refractivity contribution in [3.63, 3.8) is 0 Å². The van der Waals surface area contributed by atoms with E-state index >= 15 is 0 Å². The van der Waals surface area contributed by atoms with E-state index in [1.54, 1.807) is 13.8 Å². The molecule has 1 atom stereocenters. The quantitative estimate of drug-likeness (QED) is 0.871. The van der Waals surface area contributed by atoms with E-state index in [-0.39, 0.29) is 16.6 Å². The van der Waals surface area contributed by atoms with Crippen LogP contribution in [0.15, 0.2) is 21.6 Å². The van der Waals surface area contributed by atoms with Crippen LogP contribution in [-0.4, -0.2) is 19.6 Å². The number of aromatic nitrogens is 1. The number of aryl methyl sites for hydroxylation is 1. The molecule has 23 heavy (non-hydrogen) atoms. The average molecular weight is 368 g/mol. The lowest BCUT2D eigenvalue weighted by atomic mass is 10.3. The van der Waals surface area contributed by atoms with E-state index in [1.165, 1.54) is 6.07 Å². The Labute approximate surface area is 135 Å². The fourth-order valence-corrected chi connectivity index (χ4v) is 4.67. The van der Waals surface area contributed by atoms with Gasteiger partial charge in [0.15, 0.2) is 0 Å². The van der Waals surface area contributed by atoms with Crippen molar-refractivity contribution >= 4 is 21.4 Å². The molecule has 0 fully saturated rings. The van der Waals surface area contributed by atoms with Gasteiger partial charge in [-0.15, -0.1) is 11.3 Å². The molecule has 0 aliphatic rings. The van der Waals surface area contributed by atoms with Gasteiger partial charge in [0.25, 0.3) is 0 Å². The summed E-state index contributed by atoms with van der Waals surface area (Å²) in [5, 5.41) is 3.37. The molecule has 0 saturated carbocycles. The van der Waals surface area contributed by atoms with Crippen molar-refractivity contribution < 1.29 is 26.1 Å². The maximum absolute atomic E-state index is 12.5. The smallest absolute Gasteiger partial charge is 0.351 e. The van der Waals surface area contributed by atoms with Crippen molar-refractivity contribution in [1.82, 2.24) is 9.88 Å². The SMILES string of the molecule is CC[C@@H](C)NS(=O)(=O)c1cc(-c2cc(C(F)(F)F)on2)sc1C. The Hall–Kier alpha value is -1.39. The Kier molecular flexibility index (Phi) is 4.88. The first-order valence-electron chi connectivity index (χ1n) is 6.71. The van der Waals surface area contributed by atoms with Gasteiger partial charge in [-0.2, -0.15) is 13.2 Å². The van der Waals surface area contributed by atoms with Gasteiger partial charge in [0.2, 0.25) is 15.8 Å². The first-order chi connectivity index (χ1) is 10.5. The highest BCUT2D eigenvalue weighted by Gasteiger charge is 2.36. The number of hydrogen-bond acceptors (Lipinski definition) is 5. The minimum absolute atomic E-state index is 0.0364. The normalized spacial score (nSPS) is 14.2. The van der Waals surface area contributed by atoms with Gasteiger partial charge in [0, 0.05) is 17.0 Å². The molecular weight excluding hydrogens is 353 g/mol. The first kappa shape index (κ1) is 18.0. The molecule has 0 spiro atoms. The molecule has 0 aliphatic carbocycles. The summed E-state index contributed by atoms with van der Waals surface area (Å²) in [4.78, 5) is 0.799. The monoisotopic (exact) mass is 368 g/mol. The summed E-state index contributed by atoms with van der Waals surface area (Å²) in [5.74, 6) is -1.22. The predicted molar refractivity (Wildman–Crippen MR) is 79.6 cm³/mol. The van der Waals surface area contributed by atoms with Crippen LogP contribution in [0.1, 0.15) is 30.9 Å². The maximum atomic E-state index is 12.5. The number of halogens is 3. The zero-order valence-electron chi connectivity index (χ0n) is 12.6. The van der Waals surface area contributed by atoms with Crippen molar-refractivity contribution in [2.45, 2.75) is 44.3 Å². The molecule has 2 rings (SSSR count). The van der Waals surface area contributed by atoms with Crippen molar-refractivity contribution in [3.05, 3.63) is 22.8 Å². The molecule has 0 aromatic carbocycles. The van der Waals surface area contributed by atoms with Crippen LogP contribution in [0.3, 0.4) is 0 Å². The molecule has 0 amide bonds. The molecule has 0 aliphatic heterocycles. The van der Waals surface area contributed by atoms with E-state index in [9.17, 15) is 21.6 Å². The standard InChI is InChI=1S/C13H15F3N2O3S2/c1-4-7(2)18-23(19,20)11-6-10(22-8(11)3)9-5-12(21-17-9)13(14,15)16/h5-7,18H,4H2,1-3H3/t7-/m1/s1. The summed E-state index contributed by atoms with van der Waals surface area (Å²) >= 11 is 1.04. The molecule has 128 valence electrons. The van der Waals surface area contributed by atoms with E-state index < -0.39 is 22.0 Å². The van der Waals surface area contributed by atoms with E-state index in [4.69, 9.17) is 0 Å². The van der Waals surface area contributed by atoms with Gasteiger partial charge < -0.3 is 4.52 Å². The average Bonchev–Trinajstić information content (AvgIpc) is 3.03. The van der Waals surface area contributed by atoms with Gasteiger partial charge in [-0.25, -0.2) is 13.1 Å². The highest BCUT2D eigenvalue weighted by Crippen LogP contribution is 2.36. The van der Waals surface area contributed by atoms with Crippen molar-refractivity contribution in [2.24, 2.45) is 0 Å². The predicted octanol–water partition coefficient (Wildman–Crippen LogP) is 3.81. The highest BCUT2D eigenvalue weighted by molar-refractivity contribution is 7.89. The molecule has 5 nitrogen and oxygen atoms in total. The molecule has 0 bridgehead atoms. The number of thiophene rings is 1. The van der Waals surface area contributed by atoms with Gasteiger partial charge in [-0.3, -0.25) is 0 Å². The molecule has 1 N–H and O–H groups in total. The van der Waals surface area contributed by atoms with Crippen LogP contribution in [0, 0.1) is 6.92 Å². The second kappa shape index (κ2) is 6.25. The van der Waals surface area contributed by atoms with Crippen LogP contribution in [0.2, 0.25) is 0 Å². The fraction of sp³-hybridized carbons (Fsp3) is 0.462. The lowest BCUT2D eigenvalue weighted by Gasteiger charge is -2.11. The van der Waals surface area contributed by atoms with Crippen LogP contribution in [0.5, 0.6) is 0 Å². The summed E-state index contributed by atoms with van der Waals surface area (Å²) in [6.07, 6.45) is -4.02. The number of nitrogens with zero attached hydrogens (tertiary/aromatic N) is 1. The second-order valence-corrected chi connectivity index (χ2v) is 7.97. The minimum atomic E-state index is -4.63. The highest BCUT2D eigenvalue weighted by atomic mass is 32.2. The Morgan fingerprint density at radius 1 is 1.39 bits per heavy atom. The zero-order valence-corrected chi connectivity index (χ0v) is 14.2. The van der Waals surface area contributed by atoms with Crippen LogP contribution >= 0.6 is 11.3 Å². The number of alkyl halides is 3. The largest absolute Gasteiger partial charge is 0.452 e. The summed E-state index contributed by atoms with van der Waals surface area (Å²) in [7, 11) is -3.73. The second-order valence-electron chi connectivity index (χ2n) is 5.04. The van der Waals surface area contributed by atoms with Crippen LogP contribution in [0.4, 0.5) is 13.2 Å². The van der Waals surface area contributed by atoms with E-state index in [0.29, 0.717) is 16.2 Å². The van der Waals surface area contributed by atoms with E-state index in [2.05, 4.69) is 14.4 Å². The third-order valence-electron chi connectivity index (χ3n) is 3.17. The number of hydrogen-bond donors (Lipinski definition) is 1. The van der Waals surface area contributed by atoms with Gasteiger partial charge in [-0.1, -0.05) is 12.1 Å². The lowest BCUT2D eigenvalue weighted by Crippen LogP contribution is -2.32. The van der Waals surface area contributed by atoms with Crippen molar-refractivity contribution in [3.8, 4) is 10.6 Å². The molecule has 0 radical (unpaired) electrons. The topological polar surface area (TPSA) is 72.2 Å². The summed E-state index contributed by atoms with van der Waals surface area (Å²) < 4.78 is 69.0. The molecule has 10 heteroatoms. The number of nitrogens with one attached hydrogen (secondary N) is 1. The Morgan fingerprint density at radius 2 is 2.04 bits per heavy atom. The Morgan fingerprint density at radius 3 is 2.57 bits per heavy atom. The van der Waals surface area contributed by atoms with E-state index in [1.807, 2.05) is 6.92 Å². The van der Waals surface area contributed by atoms with Crippen molar-refractivity contribution in [2.75, 3.05) is 0 Å². The first-order valence-corrected chi connectivity index (χ1v) is 9.01. The molecule has 0 saturated heterocycles. The van der Waals surface area contributed by atoms with Gasteiger partial charge >= 0.3 is 6.18 Å². The Bertz CT molecular complexity index is 794. The summed E-state index contributed by atoms with van der Waals surface area (Å²) in [6.45, 7) is 5.16. The van der Waals surface area contributed by atoms with E-state index in [0.717, 1.165) is 17.4 Å². The molecule has 0 unspecified atom stereocenters. The van der Waals surface area contributed by atoms with Gasteiger partial charge in [0.1, 0.15) is 5.69 Å². The fourth-order valence-electron chi connectivity index (χ4n) is 1.80. The van der Waals surface area contributed by atoms with Crippen LogP contribution in [-0.2, 0) is 16.2 Å². The van der Waals surface area contributed by atoms with Crippen LogP contribution in [0.25, 0.3) is 10.6 Å². The number of sulfonamides is 1. The van der Waals surface area contributed by atoms with Crippen LogP contribution < -0.4 is 4.72 Å². The molecule has 2 aromatic rings. The van der Waals surface area contributed by atoms with Gasteiger partial charge in [-0.05, 0) is 26.3 Å². The lowest BCUT2D eigenvalue weighted by molar-refractivity contribution is -0.155. The number of rotatable bonds is 5. The molecular formula is C13H15F3N2O3S2. The third kappa shape index (κ3) is 3.93. The zero-order chi connectivity index (χ0) is 17.4.